The van der Waals surface area contributed by atoms with Crippen molar-refractivity contribution >= 4 is 11.8 Å². The summed E-state index contributed by atoms with van der Waals surface area (Å²) in [4.78, 5) is 11.1. The first kappa shape index (κ1) is 12.0. The summed E-state index contributed by atoms with van der Waals surface area (Å²) in [6.45, 7) is 2.16. The Hall–Kier alpha value is -1.52. The summed E-state index contributed by atoms with van der Waals surface area (Å²) in [6, 6.07) is 2.45. The standard InChI is InChI=1S/C12H19N3O2/c1-9-7-11(13-8-12(16)17-2)15(14-9)10-5-3-4-6-10/h7,10,13H,3-6,8H2,1-2H3. The summed E-state index contributed by atoms with van der Waals surface area (Å²) in [5.74, 6) is 0.654. The average Bonchev–Trinajstić information content (AvgIpc) is 2.94. The number of esters is 1. The molecule has 5 heteroatoms. The first-order valence-corrected chi connectivity index (χ1v) is 6.07. The van der Waals surface area contributed by atoms with Crippen molar-refractivity contribution in [1.82, 2.24) is 9.78 Å². The van der Waals surface area contributed by atoms with Crippen molar-refractivity contribution in [3.8, 4) is 0 Å². The van der Waals surface area contributed by atoms with E-state index < -0.39 is 0 Å². The van der Waals surface area contributed by atoms with Crippen molar-refractivity contribution in [1.29, 1.82) is 0 Å². The molecule has 0 atom stereocenters. The fourth-order valence-electron chi connectivity index (χ4n) is 2.31. The van der Waals surface area contributed by atoms with Gasteiger partial charge in [-0.25, -0.2) is 4.68 Å². The van der Waals surface area contributed by atoms with Crippen molar-refractivity contribution in [3.05, 3.63) is 11.8 Å². The number of anilines is 1. The minimum atomic E-state index is -0.262. The quantitative estimate of drug-likeness (QED) is 0.812. The van der Waals surface area contributed by atoms with E-state index in [1.807, 2.05) is 17.7 Å². The van der Waals surface area contributed by atoms with Gasteiger partial charge in [0.05, 0.1) is 18.8 Å². The zero-order chi connectivity index (χ0) is 12.3. The maximum absolute atomic E-state index is 11.1. The number of rotatable bonds is 4. The van der Waals surface area contributed by atoms with Gasteiger partial charge in [0.1, 0.15) is 12.4 Å². The third-order valence-electron chi connectivity index (χ3n) is 3.17. The molecule has 1 fully saturated rings. The van der Waals surface area contributed by atoms with Gasteiger partial charge in [-0.1, -0.05) is 12.8 Å². The smallest absolute Gasteiger partial charge is 0.325 e. The van der Waals surface area contributed by atoms with E-state index in [0.717, 1.165) is 11.5 Å². The number of nitrogens with one attached hydrogen (secondary N) is 1. The summed E-state index contributed by atoms with van der Waals surface area (Å²) in [5.41, 5.74) is 0.976. The van der Waals surface area contributed by atoms with Crippen LogP contribution in [-0.2, 0) is 9.53 Å². The molecule has 5 nitrogen and oxygen atoms in total. The van der Waals surface area contributed by atoms with Crippen LogP contribution in [0.3, 0.4) is 0 Å². The van der Waals surface area contributed by atoms with Gasteiger partial charge >= 0.3 is 5.97 Å². The summed E-state index contributed by atoms with van der Waals surface area (Å²) < 4.78 is 6.63. The highest BCUT2D eigenvalue weighted by Crippen LogP contribution is 2.31. The van der Waals surface area contributed by atoms with Crippen molar-refractivity contribution in [2.24, 2.45) is 0 Å². The molecule has 0 spiro atoms. The fourth-order valence-corrected chi connectivity index (χ4v) is 2.31. The molecule has 0 saturated heterocycles. The molecule has 1 saturated carbocycles. The Morgan fingerprint density at radius 2 is 2.29 bits per heavy atom. The number of hydrogen-bond acceptors (Lipinski definition) is 4. The van der Waals surface area contributed by atoms with Crippen molar-refractivity contribution in [3.63, 3.8) is 0 Å². The van der Waals surface area contributed by atoms with Gasteiger partial charge in [-0.15, -0.1) is 0 Å². The lowest BCUT2D eigenvalue weighted by molar-refractivity contribution is -0.138. The number of carbonyl (C=O) groups excluding carboxylic acids is 1. The summed E-state index contributed by atoms with van der Waals surface area (Å²) in [5, 5.41) is 7.59. The first-order chi connectivity index (χ1) is 8.20. The van der Waals surface area contributed by atoms with Crippen LogP contribution in [-0.4, -0.2) is 29.4 Å². The fraction of sp³-hybridized carbons (Fsp3) is 0.667. The first-order valence-electron chi connectivity index (χ1n) is 6.07. The van der Waals surface area contributed by atoms with Crippen molar-refractivity contribution in [2.75, 3.05) is 19.0 Å². The molecular weight excluding hydrogens is 218 g/mol. The second kappa shape index (κ2) is 5.21. The molecule has 1 aromatic rings. The van der Waals surface area contributed by atoms with Crippen LogP contribution in [0, 0.1) is 6.92 Å². The van der Waals surface area contributed by atoms with Crippen LogP contribution in [0.1, 0.15) is 37.4 Å². The monoisotopic (exact) mass is 237 g/mol. The maximum Gasteiger partial charge on any atom is 0.325 e. The van der Waals surface area contributed by atoms with E-state index in [0.29, 0.717) is 6.04 Å². The predicted molar refractivity (Wildman–Crippen MR) is 65.0 cm³/mol. The minimum Gasteiger partial charge on any atom is -0.468 e. The van der Waals surface area contributed by atoms with E-state index in [4.69, 9.17) is 0 Å². The lowest BCUT2D eigenvalue weighted by atomic mass is 10.2. The molecule has 1 aromatic heterocycles. The number of aromatic nitrogens is 2. The Labute approximate surface area is 101 Å². The lowest BCUT2D eigenvalue weighted by Gasteiger charge is -2.14. The predicted octanol–water partition coefficient (Wildman–Crippen LogP) is 1.89. The third-order valence-corrected chi connectivity index (χ3v) is 3.17. The summed E-state index contributed by atoms with van der Waals surface area (Å²) in [7, 11) is 1.39. The number of hydrogen-bond donors (Lipinski definition) is 1. The number of aryl methyl sites for hydroxylation is 1. The molecule has 1 heterocycles. The SMILES string of the molecule is COC(=O)CNc1cc(C)nn1C1CCCC1. The van der Waals surface area contributed by atoms with Crippen LogP contribution in [0.25, 0.3) is 0 Å². The van der Waals surface area contributed by atoms with Gasteiger partial charge in [-0.2, -0.15) is 5.10 Å². The van der Waals surface area contributed by atoms with Gasteiger partial charge < -0.3 is 10.1 Å². The number of methoxy groups -OCH3 is 1. The third kappa shape index (κ3) is 2.78. The highest BCUT2D eigenvalue weighted by molar-refractivity contribution is 5.74. The van der Waals surface area contributed by atoms with Crippen LogP contribution in [0.2, 0.25) is 0 Å². The molecule has 1 aliphatic rings. The Balaban J connectivity index is 2.07. The van der Waals surface area contributed by atoms with Gasteiger partial charge in [0.15, 0.2) is 0 Å². The highest BCUT2D eigenvalue weighted by atomic mass is 16.5. The topological polar surface area (TPSA) is 56.1 Å². The number of nitrogens with zero attached hydrogens (tertiary/aromatic N) is 2. The van der Waals surface area contributed by atoms with Crippen LogP contribution < -0.4 is 5.32 Å². The van der Waals surface area contributed by atoms with Crippen molar-refractivity contribution in [2.45, 2.75) is 38.6 Å². The van der Waals surface area contributed by atoms with Crippen LogP contribution in [0.4, 0.5) is 5.82 Å². The Morgan fingerprint density at radius 3 is 2.94 bits per heavy atom. The van der Waals surface area contributed by atoms with Gasteiger partial charge in [0, 0.05) is 6.07 Å². The molecule has 0 amide bonds. The minimum absolute atomic E-state index is 0.189. The second-order valence-corrected chi connectivity index (χ2v) is 4.48. The van der Waals surface area contributed by atoms with Crippen LogP contribution in [0.15, 0.2) is 6.07 Å². The molecule has 2 rings (SSSR count). The molecular formula is C12H19N3O2. The normalized spacial score (nSPS) is 16.1. The molecule has 1 aliphatic carbocycles. The van der Waals surface area contributed by atoms with E-state index in [1.54, 1.807) is 0 Å². The molecule has 0 bridgehead atoms. The Bertz CT molecular complexity index is 394. The molecule has 1 N–H and O–H groups in total. The second-order valence-electron chi connectivity index (χ2n) is 4.48. The molecule has 0 radical (unpaired) electrons. The van der Waals surface area contributed by atoms with Crippen molar-refractivity contribution < 1.29 is 9.53 Å². The molecule has 0 aromatic carbocycles. The molecule has 0 unspecified atom stereocenters. The van der Waals surface area contributed by atoms with E-state index in [1.165, 1.54) is 32.8 Å². The molecule has 0 aliphatic heterocycles. The zero-order valence-electron chi connectivity index (χ0n) is 10.4. The van der Waals surface area contributed by atoms with Gasteiger partial charge in [0.2, 0.25) is 0 Å². The van der Waals surface area contributed by atoms with Gasteiger partial charge in [0.25, 0.3) is 0 Å². The lowest BCUT2D eigenvalue weighted by Crippen LogP contribution is -2.18. The highest BCUT2D eigenvalue weighted by Gasteiger charge is 2.20. The van der Waals surface area contributed by atoms with Crippen LogP contribution >= 0.6 is 0 Å². The Morgan fingerprint density at radius 1 is 1.59 bits per heavy atom. The van der Waals surface area contributed by atoms with E-state index in [9.17, 15) is 4.79 Å². The van der Waals surface area contributed by atoms with E-state index in [-0.39, 0.29) is 12.5 Å². The van der Waals surface area contributed by atoms with E-state index >= 15 is 0 Å². The maximum atomic E-state index is 11.1. The largest absolute Gasteiger partial charge is 0.468 e. The van der Waals surface area contributed by atoms with Gasteiger partial charge in [-0.05, 0) is 19.8 Å². The number of carbonyl (C=O) groups is 1. The zero-order valence-corrected chi connectivity index (χ0v) is 10.4. The molecule has 94 valence electrons. The average molecular weight is 237 g/mol. The van der Waals surface area contributed by atoms with Crippen LogP contribution in [0.5, 0.6) is 0 Å². The number of ether oxygens (including phenoxy) is 1. The molecule has 17 heavy (non-hydrogen) atoms. The van der Waals surface area contributed by atoms with Gasteiger partial charge in [-0.3, -0.25) is 4.79 Å². The van der Waals surface area contributed by atoms with E-state index in [2.05, 4.69) is 15.2 Å². The Kier molecular flexibility index (Phi) is 3.66. The summed E-state index contributed by atoms with van der Waals surface area (Å²) in [6.07, 6.45) is 4.88. The summed E-state index contributed by atoms with van der Waals surface area (Å²) >= 11 is 0.